The van der Waals surface area contributed by atoms with Gasteiger partial charge in [-0.25, -0.2) is 4.79 Å². The molecule has 8 nitrogen and oxygen atoms in total. The number of halogens is 1. The number of carbonyl (C=O) groups is 1. The van der Waals surface area contributed by atoms with Gasteiger partial charge in [0.1, 0.15) is 11.6 Å². The molecule has 2 rings (SSSR count). The zero-order chi connectivity index (χ0) is 20.8. The number of anilines is 2. The lowest BCUT2D eigenvalue weighted by Crippen LogP contribution is -2.45. The van der Waals surface area contributed by atoms with Gasteiger partial charge in [-0.3, -0.25) is 19.1 Å². The van der Waals surface area contributed by atoms with Gasteiger partial charge in [0.15, 0.2) is 11.8 Å². The molecule has 1 aromatic carbocycles. The van der Waals surface area contributed by atoms with Crippen LogP contribution in [0.1, 0.15) is 33.6 Å². The molecule has 28 heavy (non-hydrogen) atoms. The topological polar surface area (TPSA) is 110 Å². The van der Waals surface area contributed by atoms with Gasteiger partial charge in [0.2, 0.25) is 0 Å². The molecule has 0 spiro atoms. The fourth-order valence-corrected chi connectivity index (χ4v) is 2.91. The number of nitrogens with one attached hydrogen (secondary N) is 1. The van der Waals surface area contributed by atoms with E-state index in [-0.39, 0.29) is 18.1 Å². The van der Waals surface area contributed by atoms with Crippen LogP contribution in [0, 0.1) is 0 Å². The smallest absolute Gasteiger partial charge is 0.330 e. The van der Waals surface area contributed by atoms with Crippen LogP contribution in [-0.4, -0.2) is 28.1 Å². The highest BCUT2D eigenvalue weighted by molar-refractivity contribution is 6.30. The second-order valence-corrected chi connectivity index (χ2v) is 6.73. The Morgan fingerprint density at radius 3 is 2.50 bits per heavy atom. The predicted octanol–water partition coefficient (Wildman–Crippen LogP) is 2.39. The number of nitrogens with zero attached hydrogens (tertiary/aromatic N) is 2. The molecule has 1 aromatic heterocycles. The van der Waals surface area contributed by atoms with E-state index in [1.54, 1.807) is 38.1 Å². The fourth-order valence-electron chi connectivity index (χ4n) is 2.79. The molecule has 0 radical (unpaired) electrons. The zero-order valence-corrected chi connectivity index (χ0v) is 17.0. The van der Waals surface area contributed by atoms with E-state index in [1.165, 1.54) is 9.47 Å². The normalized spacial score (nSPS) is 11.9. The van der Waals surface area contributed by atoms with Gasteiger partial charge in [-0.1, -0.05) is 24.9 Å². The van der Waals surface area contributed by atoms with Gasteiger partial charge < -0.3 is 15.4 Å². The Balaban J connectivity index is 2.35. The summed E-state index contributed by atoms with van der Waals surface area (Å²) in [6, 6.07) is 6.60. The highest BCUT2D eigenvalue weighted by atomic mass is 35.5. The van der Waals surface area contributed by atoms with Crippen LogP contribution in [-0.2, 0) is 11.3 Å². The number of unbranched alkanes of at least 4 members (excludes halogenated alkanes) is 1. The minimum Gasteiger partial charge on any atom is -0.481 e. The number of aromatic nitrogens is 2. The van der Waals surface area contributed by atoms with Gasteiger partial charge in [0.25, 0.3) is 11.5 Å². The van der Waals surface area contributed by atoms with Crippen LogP contribution in [0.5, 0.6) is 5.75 Å². The lowest BCUT2D eigenvalue weighted by Gasteiger charge is -2.26. The molecule has 1 atom stereocenters. The lowest BCUT2D eigenvalue weighted by atomic mass is 10.2. The van der Waals surface area contributed by atoms with E-state index in [4.69, 9.17) is 22.1 Å². The minimum absolute atomic E-state index is 0.0314. The number of ether oxygens (including phenoxy) is 1. The first-order valence-corrected chi connectivity index (χ1v) is 9.54. The summed E-state index contributed by atoms with van der Waals surface area (Å²) in [5, 5.41) is 0.551. The number of carbonyl (C=O) groups excluding carboxylic acids is 1. The molecule has 2 aromatic rings. The summed E-state index contributed by atoms with van der Waals surface area (Å²) in [6.45, 7) is 5.82. The maximum Gasteiger partial charge on any atom is 0.330 e. The van der Waals surface area contributed by atoms with Crippen LogP contribution in [0.2, 0.25) is 5.02 Å². The Morgan fingerprint density at radius 2 is 1.93 bits per heavy atom. The zero-order valence-electron chi connectivity index (χ0n) is 16.2. The van der Waals surface area contributed by atoms with E-state index in [0.717, 1.165) is 6.42 Å². The lowest BCUT2D eigenvalue weighted by molar-refractivity contribution is -0.124. The van der Waals surface area contributed by atoms with Gasteiger partial charge >= 0.3 is 5.69 Å². The third-order valence-corrected chi connectivity index (χ3v) is 4.53. The van der Waals surface area contributed by atoms with Crippen LogP contribution in [0.4, 0.5) is 11.5 Å². The number of amides is 1. The Bertz CT molecular complexity index is 936. The molecule has 0 saturated carbocycles. The van der Waals surface area contributed by atoms with Crippen LogP contribution < -0.4 is 26.6 Å². The molecule has 0 fully saturated rings. The molecule has 1 heterocycles. The number of aromatic amines is 1. The Morgan fingerprint density at radius 1 is 1.29 bits per heavy atom. The second-order valence-electron chi connectivity index (χ2n) is 6.29. The van der Waals surface area contributed by atoms with Crippen molar-refractivity contribution in [3.05, 3.63) is 50.1 Å². The molecule has 9 heteroatoms. The SMILES string of the molecule is CCCCn1c(N)c(N(CC)C(=O)C(C)Oc2ccc(Cl)cc2)c(=O)[nH]c1=O. The number of nitrogen functional groups attached to an aromatic ring is 1. The first-order valence-electron chi connectivity index (χ1n) is 9.16. The van der Waals surface area contributed by atoms with E-state index in [0.29, 0.717) is 23.7 Å². The quantitative estimate of drug-likeness (QED) is 0.696. The third-order valence-electron chi connectivity index (χ3n) is 4.28. The summed E-state index contributed by atoms with van der Waals surface area (Å²) in [6.07, 6.45) is 0.685. The average molecular weight is 409 g/mol. The van der Waals surface area contributed by atoms with E-state index in [1.807, 2.05) is 6.92 Å². The average Bonchev–Trinajstić information content (AvgIpc) is 2.66. The molecule has 0 aliphatic carbocycles. The van der Waals surface area contributed by atoms with E-state index in [9.17, 15) is 14.4 Å². The van der Waals surface area contributed by atoms with Crippen LogP contribution in [0.3, 0.4) is 0 Å². The largest absolute Gasteiger partial charge is 0.481 e. The summed E-state index contributed by atoms with van der Waals surface area (Å²) in [4.78, 5) is 40.9. The van der Waals surface area contributed by atoms with Crippen LogP contribution >= 0.6 is 11.6 Å². The van der Waals surface area contributed by atoms with Gasteiger partial charge in [-0.2, -0.15) is 0 Å². The maximum absolute atomic E-state index is 12.9. The molecular formula is C19H25ClN4O4. The van der Waals surface area contributed by atoms with Crippen molar-refractivity contribution in [1.29, 1.82) is 0 Å². The van der Waals surface area contributed by atoms with Crippen molar-refractivity contribution in [2.45, 2.75) is 46.3 Å². The van der Waals surface area contributed by atoms with Crippen molar-refractivity contribution in [3.8, 4) is 5.75 Å². The Kier molecular flexibility index (Phi) is 7.28. The number of hydrogen-bond acceptors (Lipinski definition) is 5. The molecule has 1 unspecified atom stereocenters. The summed E-state index contributed by atoms with van der Waals surface area (Å²) in [7, 11) is 0. The van der Waals surface area contributed by atoms with Gasteiger partial charge in [-0.05, 0) is 44.5 Å². The number of hydrogen-bond donors (Lipinski definition) is 2. The molecule has 152 valence electrons. The van der Waals surface area contributed by atoms with Crippen molar-refractivity contribution < 1.29 is 9.53 Å². The van der Waals surface area contributed by atoms with E-state index < -0.39 is 23.3 Å². The molecule has 0 aliphatic rings. The highest BCUT2D eigenvalue weighted by Crippen LogP contribution is 2.21. The molecule has 1 amide bonds. The van der Waals surface area contributed by atoms with E-state index >= 15 is 0 Å². The summed E-state index contributed by atoms with van der Waals surface area (Å²) >= 11 is 5.85. The van der Waals surface area contributed by atoms with Crippen molar-refractivity contribution in [2.75, 3.05) is 17.2 Å². The number of benzene rings is 1. The summed E-state index contributed by atoms with van der Waals surface area (Å²) < 4.78 is 6.94. The van der Waals surface area contributed by atoms with Gasteiger partial charge in [-0.15, -0.1) is 0 Å². The van der Waals surface area contributed by atoms with E-state index in [2.05, 4.69) is 4.98 Å². The molecule has 0 saturated heterocycles. The Hall–Kier alpha value is -2.74. The number of H-pyrrole nitrogens is 1. The minimum atomic E-state index is -0.879. The standard InChI is InChI=1S/C19H25ClN4O4/c1-4-6-11-24-16(21)15(17(25)22-19(24)27)23(5-2)18(26)12(3)28-14-9-7-13(20)8-10-14/h7-10,12H,4-6,11,21H2,1-3H3,(H,22,25,27). The fraction of sp³-hybridized carbons (Fsp3) is 0.421. The van der Waals surface area contributed by atoms with Crippen molar-refractivity contribution >= 4 is 29.0 Å². The number of nitrogens with two attached hydrogens (primary N) is 1. The van der Waals surface area contributed by atoms with Crippen molar-refractivity contribution in [2.24, 2.45) is 0 Å². The highest BCUT2D eigenvalue weighted by Gasteiger charge is 2.27. The Labute approximate surface area is 167 Å². The summed E-state index contributed by atoms with van der Waals surface area (Å²) in [5.74, 6) is -0.0115. The summed E-state index contributed by atoms with van der Waals surface area (Å²) in [5.41, 5.74) is 4.76. The second kappa shape index (κ2) is 9.45. The van der Waals surface area contributed by atoms with Crippen LogP contribution in [0.15, 0.2) is 33.9 Å². The molecule has 0 bridgehead atoms. The first kappa shape index (κ1) is 21.6. The molecule has 3 N–H and O–H groups in total. The monoisotopic (exact) mass is 408 g/mol. The van der Waals surface area contributed by atoms with Crippen LogP contribution in [0.25, 0.3) is 0 Å². The molecular weight excluding hydrogens is 384 g/mol. The van der Waals surface area contributed by atoms with Crippen molar-refractivity contribution in [1.82, 2.24) is 9.55 Å². The van der Waals surface area contributed by atoms with Crippen molar-refractivity contribution in [3.63, 3.8) is 0 Å². The maximum atomic E-state index is 12.9. The third kappa shape index (κ3) is 4.75. The number of rotatable bonds is 8. The predicted molar refractivity (Wildman–Crippen MR) is 110 cm³/mol. The molecule has 0 aliphatic heterocycles. The van der Waals surface area contributed by atoms with Gasteiger partial charge in [0.05, 0.1) is 0 Å². The van der Waals surface area contributed by atoms with Gasteiger partial charge in [0, 0.05) is 18.1 Å². The number of likely N-dealkylation sites (N-methyl/N-ethyl adjacent to an activating group) is 1. The first-order chi connectivity index (χ1) is 13.3.